The lowest BCUT2D eigenvalue weighted by Crippen LogP contribution is -2.30. The number of carbonyl (C=O) groups is 1. The fourth-order valence-electron chi connectivity index (χ4n) is 2.35. The number of nitrogens with one attached hydrogen (secondary N) is 3. The van der Waals surface area contributed by atoms with Crippen molar-refractivity contribution >= 4 is 28.9 Å². The van der Waals surface area contributed by atoms with Crippen LogP contribution < -0.4 is 20.9 Å². The summed E-state index contributed by atoms with van der Waals surface area (Å²) in [6.07, 6.45) is 1.15. The van der Waals surface area contributed by atoms with Crippen LogP contribution in [0.3, 0.4) is 0 Å². The molecule has 1 heterocycles. The highest BCUT2D eigenvalue weighted by Crippen LogP contribution is 2.31. The standard InChI is InChI=1S/C18H16N6O4/c1-28-14-9-5-8-13(10-14)21-16-15(24(26)27)17(20-11-19-16)22-23-18(25)12-6-3-2-4-7-12/h2-11H,1H3,(H,23,25)(H2,19,20,21,22). The van der Waals surface area contributed by atoms with E-state index in [0.29, 0.717) is 17.0 Å². The van der Waals surface area contributed by atoms with E-state index in [4.69, 9.17) is 4.74 Å². The van der Waals surface area contributed by atoms with Crippen LogP contribution >= 0.6 is 0 Å². The molecule has 1 aromatic heterocycles. The molecule has 28 heavy (non-hydrogen) atoms. The van der Waals surface area contributed by atoms with Gasteiger partial charge in [0.25, 0.3) is 5.91 Å². The molecule has 10 nitrogen and oxygen atoms in total. The van der Waals surface area contributed by atoms with E-state index in [9.17, 15) is 14.9 Å². The SMILES string of the molecule is COc1cccc(Nc2ncnc(NNC(=O)c3ccccc3)c2[N+](=O)[O-])c1. The van der Waals surface area contributed by atoms with Crippen molar-refractivity contribution in [2.45, 2.75) is 0 Å². The van der Waals surface area contributed by atoms with Gasteiger partial charge in [0.1, 0.15) is 12.1 Å². The molecule has 142 valence electrons. The Labute approximate surface area is 159 Å². The monoisotopic (exact) mass is 380 g/mol. The number of rotatable bonds is 7. The molecular weight excluding hydrogens is 364 g/mol. The molecule has 2 aromatic carbocycles. The first-order chi connectivity index (χ1) is 13.6. The minimum Gasteiger partial charge on any atom is -0.497 e. The van der Waals surface area contributed by atoms with Crippen molar-refractivity contribution in [3.05, 3.63) is 76.6 Å². The maximum atomic E-state index is 12.1. The average molecular weight is 380 g/mol. The van der Waals surface area contributed by atoms with Crippen LogP contribution in [0.25, 0.3) is 0 Å². The minimum atomic E-state index is -0.639. The number of amides is 1. The lowest BCUT2D eigenvalue weighted by Gasteiger charge is -2.11. The molecule has 3 rings (SSSR count). The summed E-state index contributed by atoms with van der Waals surface area (Å²) in [5.41, 5.74) is 5.39. The van der Waals surface area contributed by atoms with Crippen LogP contribution in [0.4, 0.5) is 23.0 Å². The van der Waals surface area contributed by atoms with Crippen molar-refractivity contribution in [1.82, 2.24) is 15.4 Å². The van der Waals surface area contributed by atoms with E-state index in [-0.39, 0.29) is 11.6 Å². The third kappa shape index (κ3) is 4.30. The van der Waals surface area contributed by atoms with Crippen molar-refractivity contribution in [3.8, 4) is 5.75 Å². The summed E-state index contributed by atoms with van der Waals surface area (Å²) >= 11 is 0. The Morgan fingerprint density at radius 1 is 1.07 bits per heavy atom. The van der Waals surface area contributed by atoms with Crippen LogP contribution in [0, 0.1) is 10.1 Å². The quantitative estimate of drug-likeness (QED) is 0.421. The predicted molar refractivity (Wildman–Crippen MR) is 102 cm³/mol. The van der Waals surface area contributed by atoms with Gasteiger partial charge in [-0.25, -0.2) is 9.97 Å². The lowest BCUT2D eigenvalue weighted by molar-refractivity contribution is -0.383. The second-order valence-electron chi connectivity index (χ2n) is 5.48. The Balaban J connectivity index is 1.83. The average Bonchev–Trinajstić information content (AvgIpc) is 2.72. The molecule has 0 atom stereocenters. The number of methoxy groups -OCH3 is 1. The van der Waals surface area contributed by atoms with Gasteiger partial charge < -0.3 is 10.1 Å². The van der Waals surface area contributed by atoms with E-state index in [1.165, 1.54) is 7.11 Å². The molecule has 0 saturated carbocycles. The van der Waals surface area contributed by atoms with Gasteiger partial charge >= 0.3 is 5.69 Å². The number of hydrogen-bond donors (Lipinski definition) is 3. The summed E-state index contributed by atoms with van der Waals surface area (Å²) < 4.78 is 5.13. The Morgan fingerprint density at radius 3 is 2.54 bits per heavy atom. The van der Waals surface area contributed by atoms with Gasteiger partial charge in [0.2, 0.25) is 11.6 Å². The molecule has 3 aromatic rings. The maximum Gasteiger partial charge on any atom is 0.355 e. The molecule has 0 aliphatic rings. The molecule has 0 fully saturated rings. The number of benzene rings is 2. The minimum absolute atomic E-state index is 0.0373. The van der Waals surface area contributed by atoms with E-state index in [1.54, 1.807) is 54.6 Å². The van der Waals surface area contributed by atoms with Gasteiger partial charge in [-0.1, -0.05) is 24.3 Å². The van der Waals surface area contributed by atoms with E-state index in [0.717, 1.165) is 6.33 Å². The van der Waals surface area contributed by atoms with Gasteiger partial charge in [-0.2, -0.15) is 0 Å². The Kier molecular flexibility index (Phi) is 5.60. The van der Waals surface area contributed by atoms with Crippen LogP contribution in [-0.4, -0.2) is 27.9 Å². The Bertz CT molecular complexity index is 996. The summed E-state index contributed by atoms with van der Waals surface area (Å²) in [6.45, 7) is 0. The molecule has 0 spiro atoms. The van der Waals surface area contributed by atoms with Gasteiger partial charge in [-0.15, -0.1) is 0 Å². The van der Waals surface area contributed by atoms with Crippen LogP contribution in [0.1, 0.15) is 10.4 Å². The van der Waals surface area contributed by atoms with Crippen molar-refractivity contribution in [2.24, 2.45) is 0 Å². The van der Waals surface area contributed by atoms with Crippen molar-refractivity contribution in [1.29, 1.82) is 0 Å². The predicted octanol–water partition coefficient (Wildman–Crippen LogP) is 2.89. The fourth-order valence-corrected chi connectivity index (χ4v) is 2.35. The van der Waals surface area contributed by atoms with Crippen LogP contribution in [0.15, 0.2) is 60.9 Å². The zero-order chi connectivity index (χ0) is 19.9. The number of hydrazine groups is 1. The van der Waals surface area contributed by atoms with E-state index in [1.807, 2.05) is 0 Å². The highest BCUT2D eigenvalue weighted by atomic mass is 16.6. The molecule has 0 aliphatic heterocycles. The number of carbonyl (C=O) groups excluding carboxylic acids is 1. The normalized spacial score (nSPS) is 10.0. The first-order valence-electron chi connectivity index (χ1n) is 8.10. The second-order valence-corrected chi connectivity index (χ2v) is 5.48. The molecule has 0 unspecified atom stereocenters. The smallest absolute Gasteiger partial charge is 0.355 e. The third-order valence-electron chi connectivity index (χ3n) is 3.67. The molecule has 3 N–H and O–H groups in total. The summed E-state index contributed by atoms with van der Waals surface area (Å²) in [5.74, 6) is -0.0783. The van der Waals surface area contributed by atoms with Gasteiger partial charge in [0.15, 0.2) is 0 Å². The molecule has 0 aliphatic carbocycles. The van der Waals surface area contributed by atoms with E-state index in [2.05, 4.69) is 26.1 Å². The molecule has 1 amide bonds. The van der Waals surface area contributed by atoms with Crippen molar-refractivity contribution in [3.63, 3.8) is 0 Å². The largest absolute Gasteiger partial charge is 0.497 e. The first kappa shape index (κ1) is 18.6. The number of nitrogens with zero attached hydrogens (tertiary/aromatic N) is 3. The Hall–Kier alpha value is -4.21. The zero-order valence-corrected chi connectivity index (χ0v) is 14.7. The van der Waals surface area contributed by atoms with Crippen LogP contribution in [-0.2, 0) is 0 Å². The van der Waals surface area contributed by atoms with Crippen LogP contribution in [0.2, 0.25) is 0 Å². The molecular formula is C18H16N6O4. The second kappa shape index (κ2) is 8.45. The van der Waals surface area contributed by atoms with Gasteiger partial charge in [0, 0.05) is 17.3 Å². The fraction of sp³-hybridized carbons (Fsp3) is 0.0556. The molecule has 0 saturated heterocycles. The number of nitro groups is 1. The highest BCUT2D eigenvalue weighted by molar-refractivity contribution is 5.95. The number of aromatic nitrogens is 2. The lowest BCUT2D eigenvalue weighted by atomic mass is 10.2. The number of anilines is 3. The van der Waals surface area contributed by atoms with Crippen molar-refractivity contribution < 1.29 is 14.5 Å². The highest BCUT2D eigenvalue weighted by Gasteiger charge is 2.23. The zero-order valence-electron chi connectivity index (χ0n) is 14.7. The van der Waals surface area contributed by atoms with E-state index < -0.39 is 16.5 Å². The van der Waals surface area contributed by atoms with Gasteiger partial charge in [-0.3, -0.25) is 25.8 Å². The number of ether oxygens (including phenoxy) is 1. The summed E-state index contributed by atoms with van der Waals surface area (Å²) in [6, 6.07) is 15.3. The van der Waals surface area contributed by atoms with Gasteiger partial charge in [0.05, 0.1) is 12.0 Å². The van der Waals surface area contributed by atoms with Crippen LogP contribution in [0.5, 0.6) is 5.75 Å². The number of hydrogen-bond acceptors (Lipinski definition) is 8. The van der Waals surface area contributed by atoms with E-state index >= 15 is 0 Å². The third-order valence-corrected chi connectivity index (χ3v) is 3.67. The summed E-state index contributed by atoms with van der Waals surface area (Å²) in [5, 5.41) is 14.4. The van der Waals surface area contributed by atoms with Crippen molar-refractivity contribution in [2.75, 3.05) is 17.9 Å². The first-order valence-corrected chi connectivity index (χ1v) is 8.10. The Morgan fingerprint density at radius 2 is 1.82 bits per heavy atom. The summed E-state index contributed by atoms with van der Waals surface area (Å²) in [4.78, 5) is 30.9. The molecule has 0 radical (unpaired) electrons. The topological polar surface area (TPSA) is 131 Å². The molecule has 10 heteroatoms. The van der Waals surface area contributed by atoms with Gasteiger partial charge in [-0.05, 0) is 24.3 Å². The summed E-state index contributed by atoms with van der Waals surface area (Å²) in [7, 11) is 1.52. The maximum absolute atomic E-state index is 12.1. The molecule has 0 bridgehead atoms.